The van der Waals surface area contributed by atoms with Crippen LogP contribution < -0.4 is 10.8 Å². The number of hydrogen-bond acceptors (Lipinski definition) is 5. The van der Waals surface area contributed by atoms with E-state index in [2.05, 4.69) is 10.2 Å². The van der Waals surface area contributed by atoms with E-state index in [-0.39, 0.29) is 0 Å². The van der Waals surface area contributed by atoms with Gasteiger partial charge in [-0.1, -0.05) is 54.6 Å². The Morgan fingerprint density at radius 3 is 2.35 bits per heavy atom. The molecule has 1 atom stereocenters. The van der Waals surface area contributed by atoms with Crippen LogP contribution in [0.15, 0.2) is 60.7 Å². The largest absolute Gasteiger partial charge is 0.480 e. The second-order valence-electron chi connectivity index (χ2n) is 7.86. The molecule has 1 unspecified atom stereocenters. The molecule has 0 saturated carbocycles. The van der Waals surface area contributed by atoms with Crippen molar-refractivity contribution in [2.45, 2.75) is 25.4 Å². The van der Waals surface area contributed by atoms with Crippen molar-refractivity contribution in [3.63, 3.8) is 0 Å². The molecular formula is C24H29N3O4. The summed E-state index contributed by atoms with van der Waals surface area (Å²) in [5.74, 6) is -0.939. The lowest BCUT2D eigenvalue weighted by molar-refractivity contribution is -0.139. The van der Waals surface area contributed by atoms with Crippen LogP contribution in [0.4, 0.5) is 0 Å². The van der Waals surface area contributed by atoms with Crippen LogP contribution >= 0.6 is 0 Å². The van der Waals surface area contributed by atoms with Crippen molar-refractivity contribution < 1.29 is 19.9 Å². The third-order valence-corrected chi connectivity index (χ3v) is 5.62. The number of rotatable bonds is 9. The average molecular weight is 424 g/mol. The van der Waals surface area contributed by atoms with E-state index >= 15 is 0 Å². The van der Waals surface area contributed by atoms with Gasteiger partial charge in [0.2, 0.25) is 0 Å². The zero-order chi connectivity index (χ0) is 22.1. The van der Waals surface area contributed by atoms with E-state index in [0.717, 1.165) is 43.6 Å². The highest BCUT2D eigenvalue weighted by atomic mass is 16.5. The number of amides is 1. The second-order valence-corrected chi connectivity index (χ2v) is 7.86. The fourth-order valence-electron chi connectivity index (χ4n) is 3.83. The quantitative estimate of drug-likeness (QED) is 0.281. The van der Waals surface area contributed by atoms with Gasteiger partial charge in [0.1, 0.15) is 6.04 Å². The molecule has 1 heterocycles. The molecule has 0 bridgehead atoms. The van der Waals surface area contributed by atoms with Gasteiger partial charge in [-0.25, -0.2) is 5.48 Å². The number of nitrogens with zero attached hydrogens (tertiary/aromatic N) is 1. The molecule has 0 radical (unpaired) electrons. The number of aliphatic carboxylic acids is 1. The topological polar surface area (TPSA) is 102 Å². The first kappa shape index (κ1) is 22.7. The lowest BCUT2D eigenvalue weighted by Crippen LogP contribution is -2.39. The van der Waals surface area contributed by atoms with E-state index in [9.17, 15) is 14.7 Å². The predicted octanol–water partition coefficient (Wildman–Crippen LogP) is 2.83. The molecule has 0 spiro atoms. The van der Waals surface area contributed by atoms with Gasteiger partial charge in [0, 0.05) is 12.6 Å². The number of carboxylic acid groups (broad SMARTS) is 1. The van der Waals surface area contributed by atoms with Gasteiger partial charge in [0.15, 0.2) is 0 Å². The van der Waals surface area contributed by atoms with E-state index in [0.29, 0.717) is 12.5 Å². The average Bonchev–Trinajstić information content (AvgIpc) is 2.80. The van der Waals surface area contributed by atoms with Crippen LogP contribution in [0.3, 0.4) is 0 Å². The minimum absolute atomic E-state index is 0.465. The Balaban J connectivity index is 1.44. The molecule has 7 heteroatoms. The Hall–Kier alpha value is -3.00. The maximum atomic E-state index is 11.6. The number of piperidine rings is 1. The van der Waals surface area contributed by atoms with Crippen LogP contribution in [0.5, 0.6) is 0 Å². The van der Waals surface area contributed by atoms with Gasteiger partial charge >= 0.3 is 5.97 Å². The van der Waals surface area contributed by atoms with Gasteiger partial charge < -0.3 is 10.4 Å². The fraction of sp³-hybridized carbons (Fsp3) is 0.333. The highest BCUT2D eigenvalue weighted by Gasteiger charge is 2.23. The lowest BCUT2D eigenvalue weighted by atomic mass is 9.95. The van der Waals surface area contributed by atoms with Gasteiger partial charge in [-0.15, -0.1) is 0 Å². The van der Waals surface area contributed by atoms with Gasteiger partial charge in [0.05, 0.1) is 0 Å². The summed E-state index contributed by atoms with van der Waals surface area (Å²) in [5.41, 5.74) is 4.44. The Kier molecular flexibility index (Phi) is 8.35. The molecule has 3 rings (SSSR count). The number of benzene rings is 2. The molecule has 7 nitrogen and oxygen atoms in total. The highest BCUT2D eigenvalue weighted by molar-refractivity contribution is 5.90. The monoisotopic (exact) mass is 423 g/mol. The van der Waals surface area contributed by atoms with Crippen molar-refractivity contribution in [1.82, 2.24) is 15.7 Å². The van der Waals surface area contributed by atoms with Gasteiger partial charge in [-0.2, -0.15) is 0 Å². The Bertz CT molecular complexity index is 875. The number of hydroxylamine groups is 1. The van der Waals surface area contributed by atoms with Crippen LogP contribution in [0.2, 0.25) is 0 Å². The van der Waals surface area contributed by atoms with E-state index < -0.39 is 17.9 Å². The van der Waals surface area contributed by atoms with E-state index in [4.69, 9.17) is 5.21 Å². The van der Waals surface area contributed by atoms with Crippen LogP contribution in [-0.4, -0.2) is 46.7 Å². The number of nitrogens with one attached hydrogen (secondary N) is 2. The standard InChI is InChI=1S/C24H29N3O4/c28-22(26-31)11-10-18-6-8-20(9-7-18)17-27-14-12-19(13-15-27)16-25-23(24(29)30)21-4-2-1-3-5-21/h1-11,19,23,25,31H,12-17H2,(H,26,28)(H,29,30)/b11-10+. The summed E-state index contributed by atoms with van der Waals surface area (Å²) in [6, 6.07) is 16.6. The van der Waals surface area contributed by atoms with Crippen molar-refractivity contribution in [3.8, 4) is 0 Å². The Morgan fingerprint density at radius 2 is 1.74 bits per heavy atom. The van der Waals surface area contributed by atoms with Gasteiger partial charge in [0.25, 0.3) is 5.91 Å². The first-order valence-corrected chi connectivity index (χ1v) is 10.5. The summed E-state index contributed by atoms with van der Waals surface area (Å²) in [6.45, 7) is 3.52. The van der Waals surface area contributed by atoms with Crippen molar-refractivity contribution in [2.75, 3.05) is 19.6 Å². The van der Waals surface area contributed by atoms with Crippen molar-refractivity contribution in [2.24, 2.45) is 5.92 Å². The lowest BCUT2D eigenvalue weighted by Gasteiger charge is -2.32. The molecule has 1 aliphatic rings. The second kappa shape index (κ2) is 11.4. The predicted molar refractivity (Wildman–Crippen MR) is 118 cm³/mol. The normalized spacial score (nSPS) is 16.3. The highest BCUT2D eigenvalue weighted by Crippen LogP contribution is 2.21. The van der Waals surface area contributed by atoms with Crippen molar-refractivity contribution >= 4 is 18.0 Å². The van der Waals surface area contributed by atoms with Crippen molar-refractivity contribution in [3.05, 3.63) is 77.4 Å². The maximum Gasteiger partial charge on any atom is 0.325 e. The summed E-state index contributed by atoms with van der Waals surface area (Å²) < 4.78 is 0. The van der Waals surface area contributed by atoms with Crippen LogP contribution in [0.25, 0.3) is 6.08 Å². The molecule has 0 aromatic heterocycles. The minimum Gasteiger partial charge on any atom is -0.480 e. The Morgan fingerprint density at radius 1 is 1.06 bits per heavy atom. The Labute approximate surface area is 182 Å². The molecular weight excluding hydrogens is 394 g/mol. The number of carbonyl (C=O) groups excluding carboxylic acids is 1. The van der Waals surface area contributed by atoms with Crippen molar-refractivity contribution in [1.29, 1.82) is 0 Å². The third-order valence-electron chi connectivity index (χ3n) is 5.62. The van der Waals surface area contributed by atoms with Crippen LogP contribution in [0, 0.1) is 5.92 Å². The summed E-state index contributed by atoms with van der Waals surface area (Å²) in [4.78, 5) is 25.1. The maximum absolute atomic E-state index is 11.6. The molecule has 164 valence electrons. The summed E-state index contributed by atoms with van der Waals surface area (Å²) in [5, 5.41) is 21.3. The molecule has 0 aliphatic carbocycles. The van der Waals surface area contributed by atoms with Gasteiger partial charge in [-0.05, 0) is 61.2 Å². The van der Waals surface area contributed by atoms with E-state index in [1.807, 2.05) is 54.6 Å². The molecule has 1 aliphatic heterocycles. The molecule has 2 aromatic rings. The fourth-order valence-corrected chi connectivity index (χ4v) is 3.83. The molecule has 2 aromatic carbocycles. The first-order valence-electron chi connectivity index (χ1n) is 10.5. The van der Waals surface area contributed by atoms with Gasteiger partial charge in [-0.3, -0.25) is 19.7 Å². The number of hydrogen-bond donors (Lipinski definition) is 4. The molecule has 4 N–H and O–H groups in total. The smallest absolute Gasteiger partial charge is 0.325 e. The summed E-state index contributed by atoms with van der Waals surface area (Å²) in [6.07, 6.45) is 4.99. The molecule has 1 saturated heterocycles. The first-order chi connectivity index (χ1) is 15.0. The molecule has 1 fully saturated rings. The van der Waals surface area contributed by atoms with E-state index in [1.165, 1.54) is 11.6 Å². The molecule has 1 amide bonds. The summed E-state index contributed by atoms with van der Waals surface area (Å²) in [7, 11) is 0. The zero-order valence-corrected chi connectivity index (χ0v) is 17.4. The number of likely N-dealkylation sites (tertiary alicyclic amines) is 1. The number of carboxylic acids is 1. The third kappa shape index (κ3) is 7.03. The number of carbonyl (C=O) groups is 2. The SMILES string of the molecule is O=C(/C=C/c1ccc(CN2CCC(CNC(C(=O)O)c3ccccc3)CC2)cc1)NO. The van der Waals surface area contributed by atoms with E-state index in [1.54, 1.807) is 11.6 Å². The summed E-state index contributed by atoms with van der Waals surface area (Å²) >= 11 is 0. The zero-order valence-electron chi connectivity index (χ0n) is 17.4. The van der Waals surface area contributed by atoms with Crippen LogP contribution in [0.1, 0.15) is 35.6 Å². The van der Waals surface area contributed by atoms with Crippen LogP contribution in [-0.2, 0) is 16.1 Å². The molecule has 31 heavy (non-hydrogen) atoms. The minimum atomic E-state index is -0.848.